The number of rotatable bonds is 5. The van der Waals surface area contributed by atoms with Crippen LogP contribution in [-0.2, 0) is 11.2 Å². The van der Waals surface area contributed by atoms with Crippen molar-refractivity contribution >= 4 is 45.0 Å². The van der Waals surface area contributed by atoms with Gasteiger partial charge in [-0.2, -0.15) is 0 Å². The highest BCUT2D eigenvalue weighted by atomic mass is 79.9. The molecule has 0 atom stereocenters. The van der Waals surface area contributed by atoms with E-state index in [1.54, 1.807) is 18.2 Å². The molecule has 2 rings (SSSR count). The van der Waals surface area contributed by atoms with E-state index in [-0.39, 0.29) is 29.5 Å². The molecule has 0 bridgehead atoms. The second-order valence-corrected chi connectivity index (χ2v) is 8.20. The molecule has 0 fully saturated rings. The number of carbonyl (C=O) groups is 2. The number of nitrogens with one attached hydrogen (secondary N) is 2. The molecule has 1 aromatic carbocycles. The predicted octanol–water partition coefficient (Wildman–Crippen LogP) is 4.22. The zero-order valence-electron chi connectivity index (χ0n) is 15.5. The molecule has 1 aromatic heterocycles. The summed E-state index contributed by atoms with van der Waals surface area (Å²) >= 11 is 9.43. The number of aromatic nitrogens is 1. The summed E-state index contributed by atoms with van der Waals surface area (Å²) < 4.78 is 5.99. The fraction of sp³-hybridized carbons (Fsp3) is 0.316. The Labute approximate surface area is 171 Å². The molecule has 0 saturated heterocycles. The molecule has 0 spiro atoms. The van der Waals surface area contributed by atoms with Crippen molar-refractivity contribution in [1.82, 2.24) is 10.3 Å². The molecular weight excluding hydrogens is 434 g/mol. The van der Waals surface area contributed by atoms with Gasteiger partial charge in [-0.3, -0.25) is 14.6 Å². The number of ether oxygens (including phenoxy) is 1. The smallest absolute Gasteiger partial charge is 0.270 e. The SMILES string of the molecule is COc1cc(Br)c(Cl)cc1CC(=O)Nc1ccnc(C(=O)NC(C)(C)C)c1. The van der Waals surface area contributed by atoms with Crippen LogP contribution in [0, 0.1) is 0 Å². The molecule has 0 aliphatic heterocycles. The van der Waals surface area contributed by atoms with Gasteiger partial charge in [0.25, 0.3) is 5.91 Å². The van der Waals surface area contributed by atoms with Crippen LogP contribution in [0.5, 0.6) is 5.75 Å². The average molecular weight is 455 g/mol. The lowest BCUT2D eigenvalue weighted by Crippen LogP contribution is -2.40. The van der Waals surface area contributed by atoms with Gasteiger partial charge in [-0.05, 0) is 61.0 Å². The zero-order chi connectivity index (χ0) is 20.2. The van der Waals surface area contributed by atoms with E-state index in [1.807, 2.05) is 20.8 Å². The summed E-state index contributed by atoms with van der Waals surface area (Å²) in [7, 11) is 1.53. The van der Waals surface area contributed by atoms with Gasteiger partial charge < -0.3 is 15.4 Å². The lowest BCUT2D eigenvalue weighted by atomic mass is 10.1. The standard InChI is InChI=1S/C19H21BrClN3O3/c1-19(2,3)24-18(26)15-9-12(5-6-22-15)23-17(25)8-11-7-14(21)13(20)10-16(11)27-4/h5-7,9-10H,8H2,1-4H3,(H,24,26)(H,22,23,25). The van der Waals surface area contributed by atoms with Crippen molar-refractivity contribution in [3.05, 3.63) is 51.2 Å². The Kier molecular flexibility index (Phi) is 6.84. The lowest BCUT2D eigenvalue weighted by Gasteiger charge is -2.20. The number of nitrogens with zero attached hydrogens (tertiary/aromatic N) is 1. The van der Waals surface area contributed by atoms with Crippen LogP contribution in [0.4, 0.5) is 5.69 Å². The van der Waals surface area contributed by atoms with Crippen LogP contribution in [-0.4, -0.2) is 29.4 Å². The number of pyridine rings is 1. The number of amides is 2. The number of methoxy groups -OCH3 is 1. The van der Waals surface area contributed by atoms with E-state index in [1.165, 1.54) is 19.4 Å². The van der Waals surface area contributed by atoms with Crippen molar-refractivity contribution in [1.29, 1.82) is 0 Å². The Hall–Kier alpha value is -2.12. The maximum atomic E-state index is 12.4. The predicted molar refractivity (Wildman–Crippen MR) is 109 cm³/mol. The molecule has 27 heavy (non-hydrogen) atoms. The lowest BCUT2D eigenvalue weighted by molar-refractivity contribution is -0.115. The number of anilines is 1. The first kappa shape index (κ1) is 21.2. The summed E-state index contributed by atoms with van der Waals surface area (Å²) in [6.07, 6.45) is 1.55. The van der Waals surface area contributed by atoms with Crippen molar-refractivity contribution < 1.29 is 14.3 Å². The number of hydrogen-bond acceptors (Lipinski definition) is 4. The molecule has 0 aliphatic carbocycles. The highest BCUT2D eigenvalue weighted by molar-refractivity contribution is 9.10. The Morgan fingerprint density at radius 2 is 1.96 bits per heavy atom. The molecule has 2 aromatic rings. The van der Waals surface area contributed by atoms with Gasteiger partial charge in [0.1, 0.15) is 11.4 Å². The third-order valence-corrected chi connectivity index (χ3v) is 4.64. The molecule has 2 amide bonds. The summed E-state index contributed by atoms with van der Waals surface area (Å²) in [4.78, 5) is 28.7. The van der Waals surface area contributed by atoms with Crippen molar-refractivity contribution in [2.75, 3.05) is 12.4 Å². The van der Waals surface area contributed by atoms with Gasteiger partial charge in [-0.25, -0.2) is 0 Å². The van der Waals surface area contributed by atoms with Crippen LogP contribution < -0.4 is 15.4 Å². The van der Waals surface area contributed by atoms with Crippen LogP contribution in [0.1, 0.15) is 36.8 Å². The Morgan fingerprint density at radius 1 is 1.26 bits per heavy atom. The van der Waals surface area contributed by atoms with Crippen LogP contribution >= 0.6 is 27.5 Å². The summed E-state index contributed by atoms with van der Waals surface area (Å²) in [5, 5.41) is 6.09. The third kappa shape index (κ3) is 6.22. The molecule has 2 N–H and O–H groups in total. The van der Waals surface area contributed by atoms with Crippen molar-refractivity contribution in [3.63, 3.8) is 0 Å². The normalized spacial score (nSPS) is 11.0. The van der Waals surface area contributed by atoms with E-state index in [4.69, 9.17) is 16.3 Å². The largest absolute Gasteiger partial charge is 0.496 e. The van der Waals surface area contributed by atoms with E-state index in [2.05, 4.69) is 31.5 Å². The molecule has 0 saturated carbocycles. The van der Waals surface area contributed by atoms with E-state index < -0.39 is 0 Å². The van der Waals surface area contributed by atoms with Gasteiger partial charge in [0.15, 0.2) is 0 Å². The Balaban J connectivity index is 2.12. The van der Waals surface area contributed by atoms with E-state index in [0.29, 0.717) is 26.5 Å². The highest BCUT2D eigenvalue weighted by Gasteiger charge is 2.17. The van der Waals surface area contributed by atoms with Crippen LogP contribution in [0.3, 0.4) is 0 Å². The second kappa shape index (κ2) is 8.71. The van der Waals surface area contributed by atoms with E-state index >= 15 is 0 Å². The first-order valence-corrected chi connectivity index (χ1v) is 9.36. The number of carbonyl (C=O) groups excluding carboxylic acids is 2. The van der Waals surface area contributed by atoms with Crippen molar-refractivity contribution in [2.45, 2.75) is 32.7 Å². The minimum absolute atomic E-state index is 0.0714. The highest BCUT2D eigenvalue weighted by Crippen LogP contribution is 2.31. The molecule has 0 unspecified atom stereocenters. The fourth-order valence-electron chi connectivity index (χ4n) is 2.31. The second-order valence-electron chi connectivity index (χ2n) is 6.94. The minimum atomic E-state index is -0.380. The third-order valence-electron chi connectivity index (χ3n) is 3.44. The van der Waals surface area contributed by atoms with E-state index in [9.17, 15) is 9.59 Å². The Bertz CT molecular complexity index is 866. The Morgan fingerprint density at radius 3 is 2.59 bits per heavy atom. The monoisotopic (exact) mass is 453 g/mol. The summed E-state index contributed by atoms with van der Waals surface area (Å²) in [6.45, 7) is 5.65. The van der Waals surface area contributed by atoms with Gasteiger partial charge in [0.2, 0.25) is 5.91 Å². The quantitative estimate of drug-likeness (QED) is 0.709. The maximum Gasteiger partial charge on any atom is 0.270 e. The van der Waals surface area contributed by atoms with Gasteiger partial charge in [0, 0.05) is 27.5 Å². The van der Waals surface area contributed by atoms with Gasteiger partial charge in [0.05, 0.1) is 18.6 Å². The van der Waals surface area contributed by atoms with Crippen LogP contribution in [0.25, 0.3) is 0 Å². The van der Waals surface area contributed by atoms with Gasteiger partial charge in [-0.1, -0.05) is 11.6 Å². The molecular formula is C19H21BrClN3O3. The van der Waals surface area contributed by atoms with E-state index in [0.717, 1.165) is 0 Å². The van der Waals surface area contributed by atoms with Gasteiger partial charge >= 0.3 is 0 Å². The number of halogens is 2. The van der Waals surface area contributed by atoms with Crippen LogP contribution in [0.15, 0.2) is 34.9 Å². The van der Waals surface area contributed by atoms with Crippen molar-refractivity contribution in [2.24, 2.45) is 0 Å². The molecule has 144 valence electrons. The molecule has 0 aliphatic rings. The topological polar surface area (TPSA) is 80.3 Å². The summed E-state index contributed by atoms with van der Waals surface area (Å²) in [6, 6.07) is 6.55. The fourth-order valence-corrected chi connectivity index (χ4v) is 2.82. The average Bonchev–Trinajstić information content (AvgIpc) is 2.56. The first-order chi connectivity index (χ1) is 12.6. The molecule has 8 heteroatoms. The summed E-state index contributed by atoms with van der Waals surface area (Å²) in [5.74, 6) is -0.0126. The number of benzene rings is 1. The van der Waals surface area contributed by atoms with Crippen molar-refractivity contribution in [3.8, 4) is 5.75 Å². The molecule has 0 radical (unpaired) electrons. The van der Waals surface area contributed by atoms with Gasteiger partial charge in [-0.15, -0.1) is 0 Å². The minimum Gasteiger partial charge on any atom is -0.496 e. The first-order valence-electron chi connectivity index (χ1n) is 8.19. The molecule has 1 heterocycles. The maximum absolute atomic E-state index is 12.4. The van der Waals surface area contributed by atoms with Crippen LogP contribution in [0.2, 0.25) is 5.02 Å². The summed E-state index contributed by atoms with van der Waals surface area (Å²) in [5.41, 5.74) is 0.987. The number of hydrogen-bond donors (Lipinski definition) is 2. The molecule has 6 nitrogen and oxygen atoms in total. The zero-order valence-corrected chi connectivity index (χ0v) is 17.9.